The zero-order valence-electron chi connectivity index (χ0n) is 14.1. The first-order valence-electron chi connectivity index (χ1n) is 8.74. The van der Waals surface area contributed by atoms with Gasteiger partial charge in [0.15, 0.2) is 0 Å². The van der Waals surface area contributed by atoms with Gasteiger partial charge in [0.1, 0.15) is 0 Å². The number of anilines is 1. The molecule has 2 nitrogen and oxygen atoms in total. The second kappa shape index (κ2) is 7.91. The first-order chi connectivity index (χ1) is 12.0. The van der Waals surface area contributed by atoms with E-state index in [0.29, 0.717) is 18.9 Å². The van der Waals surface area contributed by atoms with E-state index in [1.807, 2.05) is 6.07 Å². The molecule has 1 saturated heterocycles. The summed E-state index contributed by atoms with van der Waals surface area (Å²) in [6.07, 6.45) is -1.31. The van der Waals surface area contributed by atoms with Crippen molar-refractivity contribution in [3.8, 4) is 0 Å². The van der Waals surface area contributed by atoms with Crippen LogP contribution in [-0.2, 0) is 12.6 Å². The fourth-order valence-electron chi connectivity index (χ4n) is 3.35. The van der Waals surface area contributed by atoms with Crippen molar-refractivity contribution in [2.45, 2.75) is 31.4 Å². The summed E-state index contributed by atoms with van der Waals surface area (Å²) >= 11 is 0. The summed E-state index contributed by atoms with van der Waals surface area (Å²) in [6, 6.07) is 13.8. The molecule has 0 saturated carbocycles. The maximum atomic E-state index is 12.6. The van der Waals surface area contributed by atoms with Crippen LogP contribution >= 0.6 is 0 Å². The summed E-state index contributed by atoms with van der Waals surface area (Å²) in [5.74, 6) is 0.566. The Balaban J connectivity index is 1.59. The van der Waals surface area contributed by atoms with Gasteiger partial charge < -0.3 is 10.6 Å². The van der Waals surface area contributed by atoms with E-state index >= 15 is 0 Å². The lowest BCUT2D eigenvalue weighted by atomic mass is 9.89. The quantitative estimate of drug-likeness (QED) is 0.809. The molecule has 2 aromatic carbocycles. The summed E-state index contributed by atoms with van der Waals surface area (Å²) in [4.78, 5) is 0. The normalized spacial score (nSPS) is 16.0. The van der Waals surface area contributed by atoms with Gasteiger partial charge in [0.2, 0.25) is 0 Å². The fourth-order valence-corrected chi connectivity index (χ4v) is 3.35. The maximum absolute atomic E-state index is 12.6. The Hall–Kier alpha value is -2.01. The molecule has 5 heteroatoms. The van der Waals surface area contributed by atoms with Gasteiger partial charge in [-0.3, -0.25) is 0 Å². The van der Waals surface area contributed by atoms with Crippen LogP contribution in [0.4, 0.5) is 18.9 Å². The Kier molecular flexibility index (Phi) is 5.63. The van der Waals surface area contributed by atoms with Crippen molar-refractivity contribution in [3.05, 3.63) is 65.2 Å². The summed E-state index contributed by atoms with van der Waals surface area (Å²) in [5.41, 5.74) is 2.79. The number of hydrogen-bond acceptors (Lipinski definition) is 2. The molecule has 0 radical (unpaired) electrons. The average molecular weight is 348 g/mol. The summed E-state index contributed by atoms with van der Waals surface area (Å²) in [7, 11) is 0. The number of halogens is 3. The van der Waals surface area contributed by atoms with E-state index < -0.39 is 11.7 Å². The van der Waals surface area contributed by atoms with Gasteiger partial charge in [-0.25, -0.2) is 0 Å². The molecule has 0 unspecified atom stereocenters. The van der Waals surface area contributed by atoms with Crippen molar-refractivity contribution in [1.29, 1.82) is 0 Å². The van der Waals surface area contributed by atoms with Crippen LogP contribution in [0.5, 0.6) is 0 Å². The second-order valence-corrected chi connectivity index (χ2v) is 6.48. The molecular formula is C20H23F3N2. The van der Waals surface area contributed by atoms with Crippen LogP contribution in [0.2, 0.25) is 0 Å². The van der Waals surface area contributed by atoms with Gasteiger partial charge in [-0.15, -0.1) is 0 Å². The van der Waals surface area contributed by atoms with Crippen LogP contribution in [-0.4, -0.2) is 19.6 Å². The Morgan fingerprint density at radius 1 is 0.960 bits per heavy atom. The van der Waals surface area contributed by atoms with E-state index in [1.54, 1.807) is 12.1 Å². The molecule has 0 atom stereocenters. The molecule has 0 bridgehead atoms. The van der Waals surface area contributed by atoms with Crippen LogP contribution in [0.3, 0.4) is 0 Å². The molecular weight excluding hydrogens is 325 g/mol. The first kappa shape index (κ1) is 17.8. The molecule has 2 aromatic rings. The van der Waals surface area contributed by atoms with Crippen LogP contribution in [0.15, 0.2) is 48.5 Å². The SMILES string of the molecule is FC(F)(F)c1ccc(CCNc2ccccc2C2CCNCC2)cc1. The highest BCUT2D eigenvalue weighted by molar-refractivity contribution is 5.53. The molecule has 25 heavy (non-hydrogen) atoms. The van der Waals surface area contributed by atoms with Crippen molar-refractivity contribution in [2.75, 3.05) is 25.0 Å². The maximum Gasteiger partial charge on any atom is 0.416 e. The Labute approximate surface area is 146 Å². The minimum absolute atomic E-state index is 0.566. The number of nitrogens with one attached hydrogen (secondary N) is 2. The minimum atomic E-state index is -4.27. The highest BCUT2D eigenvalue weighted by atomic mass is 19.4. The number of benzene rings is 2. The smallest absolute Gasteiger partial charge is 0.384 e. The van der Waals surface area contributed by atoms with Gasteiger partial charge in [-0.2, -0.15) is 13.2 Å². The van der Waals surface area contributed by atoms with Crippen molar-refractivity contribution in [2.24, 2.45) is 0 Å². The monoisotopic (exact) mass is 348 g/mol. The molecule has 0 aliphatic carbocycles. The zero-order chi connectivity index (χ0) is 17.7. The molecule has 0 aromatic heterocycles. The van der Waals surface area contributed by atoms with Gasteiger partial charge in [-0.05, 0) is 67.6 Å². The Bertz CT molecular complexity index is 674. The third-order valence-corrected chi connectivity index (χ3v) is 4.75. The molecule has 1 aliphatic rings. The largest absolute Gasteiger partial charge is 0.416 e. The topological polar surface area (TPSA) is 24.1 Å². The lowest BCUT2D eigenvalue weighted by molar-refractivity contribution is -0.137. The number of piperidine rings is 1. The van der Waals surface area contributed by atoms with E-state index in [0.717, 1.165) is 49.3 Å². The number of hydrogen-bond donors (Lipinski definition) is 2. The van der Waals surface area contributed by atoms with Gasteiger partial charge in [0.25, 0.3) is 0 Å². The zero-order valence-corrected chi connectivity index (χ0v) is 14.1. The second-order valence-electron chi connectivity index (χ2n) is 6.48. The van der Waals surface area contributed by atoms with E-state index in [1.165, 1.54) is 5.56 Å². The van der Waals surface area contributed by atoms with Crippen LogP contribution in [0.25, 0.3) is 0 Å². The van der Waals surface area contributed by atoms with Gasteiger partial charge in [0, 0.05) is 12.2 Å². The first-order valence-corrected chi connectivity index (χ1v) is 8.74. The van der Waals surface area contributed by atoms with E-state index in [2.05, 4.69) is 28.8 Å². The predicted molar refractivity (Wildman–Crippen MR) is 94.9 cm³/mol. The molecule has 0 spiro atoms. The average Bonchev–Trinajstić information content (AvgIpc) is 2.63. The molecule has 1 fully saturated rings. The lowest BCUT2D eigenvalue weighted by Crippen LogP contribution is -2.27. The van der Waals surface area contributed by atoms with Crippen LogP contribution in [0.1, 0.15) is 35.4 Å². The predicted octanol–water partition coefficient (Wildman–Crippen LogP) is 4.83. The summed E-state index contributed by atoms with van der Waals surface area (Å²) < 4.78 is 37.8. The van der Waals surface area contributed by atoms with E-state index in [9.17, 15) is 13.2 Å². The molecule has 2 N–H and O–H groups in total. The molecule has 3 rings (SSSR count). The third kappa shape index (κ3) is 4.75. The van der Waals surface area contributed by atoms with E-state index in [-0.39, 0.29) is 0 Å². The van der Waals surface area contributed by atoms with Crippen molar-refractivity contribution < 1.29 is 13.2 Å². The Morgan fingerprint density at radius 3 is 2.32 bits per heavy atom. The minimum Gasteiger partial charge on any atom is -0.384 e. The summed E-state index contributed by atoms with van der Waals surface area (Å²) in [5, 5.41) is 6.84. The van der Waals surface area contributed by atoms with Crippen molar-refractivity contribution in [3.63, 3.8) is 0 Å². The van der Waals surface area contributed by atoms with Gasteiger partial charge in [-0.1, -0.05) is 30.3 Å². The molecule has 1 aliphatic heterocycles. The third-order valence-electron chi connectivity index (χ3n) is 4.75. The van der Waals surface area contributed by atoms with Gasteiger partial charge >= 0.3 is 6.18 Å². The highest BCUT2D eigenvalue weighted by Crippen LogP contribution is 2.31. The van der Waals surface area contributed by atoms with Gasteiger partial charge in [0.05, 0.1) is 5.56 Å². The standard InChI is InChI=1S/C20H23F3N2/c21-20(22,23)17-7-5-15(6-8-17)9-14-25-19-4-2-1-3-18(19)16-10-12-24-13-11-16/h1-8,16,24-25H,9-14H2. The highest BCUT2D eigenvalue weighted by Gasteiger charge is 2.29. The lowest BCUT2D eigenvalue weighted by Gasteiger charge is -2.25. The van der Waals surface area contributed by atoms with Crippen molar-refractivity contribution >= 4 is 5.69 Å². The number of alkyl halides is 3. The van der Waals surface area contributed by atoms with Crippen molar-refractivity contribution in [1.82, 2.24) is 5.32 Å². The fraction of sp³-hybridized carbons (Fsp3) is 0.400. The molecule has 1 heterocycles. The number of para-hydroxylation sites is 1. The Morgan fingerprint density at radius 2 is 1.64 bits per heavy atom. The summed E-state index contributed by atoms with van der Waals surface area (Å²) in [6.45, 7) is 2.79. The number of rotatable bonds is 5. The van der Waals surface area contributed by atoms with E-state index in [4.69, 9.17) is 0 Å². The molecule has 0 amide bonds. The van der Waals surface area contributed by atoms with Crippen LogP contribution < -0.4 is 10.6 Å². The van der Waals surface area contributed by atoms with Crippen LogP contribution in [0, 0.1) is 0 Å². The molecule has 134 valence electrons.